The van der Waals surface area contributed by atoms with Crippen LogP contribution >= 0.6 is 0 Å². The fourth-order valence-electron chi connectivity index (χ4n) is 6.40. The van der Waals surface area contributed by atoms with Crippen molar-refractivity contribution in [3.8, 4) is 5.88 Å². The van der Waals surface area contributed by atoms with Crippen LogP contribution in [0.3, 0.4) is 0 Å². The van der Waals surface area contributed by atoms with E-state index in [0.717, 1.165) is 45.1 Å². The minimum atomic E-state index is -0.0625. The zero-order valence-electron chi connectivity index (χ0n) is 17.9. The molecule has 2 aliphatic heterocycles. The summed E-state index contributed by atoms with van der Waals surface area (Å²) in [5, 5.41) is 8.06. The van der Waals surface area contributed by atoms with Gasteiger partial charge in [-0.15, -0.1) is 0 Å². The Labute approximate surface area is 173 Å². The number of fused-ring (bicyclic) bond motifs is 3. The first kappa shape index (κ1) is 19.4. The molecule has 2 saturated carbocycles. The predicted octanol–water partition coefficient (Wildman–Crippen LogP) is 2.48. The van der Waals surface area contributed by atoms with Gasteiger partial charge < -0.3 is 14.8 Å². The van der Waals surface area contributed by atoms with Crippen molar-refractivity contribution in [1.82, 2.24) is 20.0 Å². The molecule has 0 spiro atoms. The summed E-state index contributed by atoms with van der Waals surface area (Å²) in [5.74, 6) is 1.36. The van der Waals surface area contributed by atoms with E-state index >= 15 is 0 Å². The van der Waals surface area contributed by atoms with E-state index in [9.17, 15) is 4.79 Å². The topological polar surface area (TPSA) is 68.6 Å². The van der Waals surface area contributed by atoms with Crippen LogP contribution < -0.4 is 10.1 Å². The van der Waals surface area contributed by atoms with Crippen LogP contribution in [-0.4, -0.2) is 66.1 Å². The quantitative estimate of drug-likeness (QED) is 0.838. The molecule has 1 aromatic heterocycles. The first-order chi connectivity index (χ1) is 13.9. The lowest BCUT2D eigenvalue weighted by Crippen LogP contribution is -2.52. The van der Waals surface area contributed by atoms with Gasteiger partial charge in [0.15, 0.2) is 5.69 Å². The smallest absolute Gasteiger partial charge is 0.272 e. The van der Waals surface area contributed by atoms with Gasteiger partial charge >= 0.3 is 0 Å². The Morgan fingerprint density at radius 2 is 2.03 bits per heavy atom. The number of morpholine rings is 1. The van der Waals surface area contributed by atoms with E-state index in [-0.39, 0.29) is 28.8 Å². The maximum atomic E-state index is 13.2. The second-order valence-corrected chi connectivity index (χ2v) is 10.3. The Balaban J connectivity index is 1.31. The first-order valence-electron chi connectivity index (χ1n) is 11.2. The van der Waals surface area contributed by atoms with E-state index in [1.54, 1.807) is 0 Å². The summed E-state index contributed by atoms with van der Waals surface area (Å²) >= 11 is 0. The molecule has 0 aromatic carbocycles. The van der Waals surface area contributed by atoms with E-state index in [4.69, 9.17) is 14.6 Å². The van der Waals surface area contributed by atoms with Crippen LogP contribution in [0.25, 0.3) is 0 Å². The van der Waals surface area contributed by atoms with Gasteiger partial charge in [-0.1, -0.05) is 20.8 Å². The number of carbonyl (C=O) groups is 1. The summed E-state index contributed by atoms with van der Waals surface area (Å²) in [5.41, 5.74) is 0.826. The molecule has 4 unspecified atom stereocenters. The van der Waals surface area contributed by atoms with Gasteiger partial charge in [-0.2, -0.15) is 5.10 Å². The number of ether oxygens (including phenoxy) is 2. The Morgan fingerprint density at radius 1 is 1.24 bits per heavy atom. The van der Waals surface area contributed by atoms with Gasteiger partial charge in [-0.05, 0) is 36.0 Å². The third-order valence-electron chi connectivity index (χ3n) is 8.10. The number of rotatable bonds is 4. The third kappa shape index (κ3) is 3.26. The fourth-order valence-corrected chi connectivity index (χ4v) is 6.40. The number of aromatic nitrogens is 2. The molecule has 160 valence electrons. The van der Waals surface area contributed by atoms with Crippen molar-refractivity contribution in [2.45, 2.75) is 58.5 Å². The third-order valence-corrected chi connectivity index (χ3v) is 8.10. The molecular weight excluding hydrogens is 368 g/mol. The van der Waals surface area contributed by atoms with Crippen molar-refractivity contribution in [1.29, 1.82) is 0 Å². The lowest BCUT2D eigenvalue weighted by Gasteiger charge is -2.42. The van der Waals surface area contributed by atoms with E-state index < -0.39 is 0 Å². The standard InChI is InChI=1S/C22H34N4O3/c1-21(2)15-4-6-22(3,13-15)20(21)23-19(27)17-12-18-26(24-17)16(5-9-29-18)14-25-7-10-28-11-8-25/h12,15-16,20H,4-11,13-14H2,1-3H3,(H,23,27). The molecule has 1 N–H and O–H groups in total. The van der Waals surface area contributed by atoms with Crippen molar-refractivity contribution in [3.05, 3.63) is 11.8 Å². The highest BCUT2D eigenvalue weighted by Gasteiger charge is 2.59. The molecule has 4 aliphatic rings. The van der Waals surface area contributed by atoms with E-state index in [1.165, 1.54) is 19.3 Å². The van der Waals surface area contributed by atoms with Crippen molar-refractivity contribution in [2.75, 3.05) is 39.5 Å². The second-order valence-electron chi connectivity index (χ2n) is 10.3. The van der Waals surface area contributed by atoms with E-state index in [2.05, 4.69) is 31.0 Å². The predicted molar refractivity (Wildman–Crippen MR) is 109 cm³/mol. The van der Waals surface area contributed by atoms with Crippen molar-refractivity contribution >= 4 is 5.91 Å². The summed E-state index contributed by atoms with van der Waals surface area (Å²) in [6.07, 6.45) is 4.63. The second kappa shape index (κ2) is 6.98. The molecule has 7 heteroatoms. The minimum Gasteiger partial charge on any atom is -0.478 e. The number of carbonyl (C=O) groups excluding carboxylic acids is 1. The zero-order valence-corrected chi connectivity index (χ0v) is 17.9. The highest BCUT2D eigenvalue weighted by atomic mass is 16.5. The monoisotopic (exact) mass is 402 g/mol. The van der Waals surface area contributed by atoms with E-state index in [1.807, 2.05) is 10.7 Å². The van der Waals surface area contributed by atoms with Crippen molar-refractivity contribution < 1.29 is 14.3 Å². The summed E-state index contributed by atoms with van der Waals surface area (Å²) in [4.78, 5) is 15.6. The first-order valence-corrected chi connectivity index (χ1v) is 11.2. The highest BCUT2D eigenvalue weighted by Crippen LogP contribution is 2.62. The number of nitrogens with zero attached hydrogens (tertiary/aromatic N) is 3. The number of hydrogen-bond acceptors (Lipinski definition) is 5. The van der Waals surface area contributed by atoms with Crippen molar-refractivity contribution in [3.63, 3.8) is 0 Å². The maximum Gasteiger partial charge on any atom is 0.272 e. The Bertz CT molecular complexity index is 780. The largest absolute Gasteiger partial charge is 0.478 e. The maximum absolute atomic E-state index is 13.2. The molecule has 1 aromatic rings. The average molecular weight is 403 g/mol. The molecule has 1 saturated heterocycles. The van der Waals surface area contributed by atoms with Gasteiger partial charge in [-0.25, -0.2) is 4.68 Å². The molecule has 1 amide bonds. The Kier molecular flexibility index (Phi) is 4.66. The summed E-state index contributed by atoms with van der Waals surface area (Å²) in [6.45, 7) is 12.1. The van der Waals surface area contributed by atoms with Gasteiger partial charge in [0.25, 0.3) is 5.91 Å². The van der Waals surface area contributed by atoms with Crippen LogP contribution in [0.4, 0.5) is 0 Å². The van der Waals surface area contributed by atoms with Crippen LogP contribution in [-0.2, 0) is 4.74 Å². The zero-order chi connectivity index (χ0) is 20.2. The Hall–Kier alpha value is -1.60. The van der Waals surface area contributed by atoms with Crippen molar-refractivity contribution in [2.24, 2.45) is 16.7 Å². The SMILES string of the molecule is CC12CCC(C1)C(C)(C)C2NC(=O)c1cc2n(n1)C(CN1CCOCC1)CCO2. The lowest BCUT2D eigenvalue weighted by atomic mass is 9.68. The molecule has 5 rings (SSSR count). The summed E-state index contributed by atoms with van der Waals surface area (Å²) in [7, 11) is 0. The van der Waals surface area contributed by atoms with Gasteiger partial charge in [-0.3, -0.25) is 9.69 Å². The van der Waals surface area contributed by atoms with Crippen LogP contribution in [0, 0.1) is 16.7 Å². The molecule has 29 heavy (non-hydrogen) atoms. The fraction of sp³-hybridized carbons (Fsp3) is 0.818. The molecule has 2 aliphatic carbocycles. The molecule has 7 nitrogen and oxygen atoms in total. The minimum absolute atomic E-state index is 0.0625. The van der Waals surface area contributed by atoms with Crippen LogP contribution in [0.5, 0.6) is 5.88 Å². The lowest BCUT2D eigenvalue weighted by molar-refractivity contribution is 0.0256. The summed E-state index contributed by atoms with van der Waals surface area (Å²) in [6, 6.07) is 2.27. The molecule has 0 radical (unpaired) electrons. The van der Waals surface area contributed by atoms with Crippen LogP contribution in [0.15, 0.2) is 6.07 Å². The number of amides is 1. The highest BCUT2D eigenvalue weighted by molar-refractivity contribution is 5.93. The molecule has 3 heterocycles. The van der Waals surface area contributed by atoms with Gasteiger partial charge in [0.2, 0.25) is 5.88 Å². The van der Waals surface area contributed by atoms with Gasteiger partial charge in [0, 0.05) is 38.2 Å². The number of nitrogens with one attached hydrogen (secondary N) is 1. The number of hydrogen-bond donors (Lipinski definition) is 1. The van der Waals surface area contributed by atoms with Crippen LogP contribution in [0.1, 0.15) is 63.0 Å². The van der Waals surface area contributed by atoms with Crippen LogP contribution in [0.2, 0.25) is 0 Å². The summed E-state index contributed by atoms with van der Waals surface area (Å²) < 4.78 is 13.2. The van der Waals surface area contributed by atoms with Gasteiger partial charge in [0.05, 0.1) is 25.9 Å². The molecule has 4 atom stereocenters. The average Bonchev–Trinajstić information content (AvgIpc) is 3.35. The van der Waals surface area contributed by atoms with E-state index in [0.29, 0.717) is 18.2 Å². The van der Waals surface area contributed by atoms with Gasteiger partial charge in [0.1, 0.15) is 0 Å². The molecule has 3 fully saturated rings. The molecule has 2 bridgehead atoms. The molecular formula is C22H34N4O3. The Morgan fingerprint density at radius 3 is 2.76 bits per heavy atom. The normalized spacial score (nSPS) is 35.9.